The average molecular weight is 261 g/mol. The molecule has 0 amide bonds. The van der Waals surface area contributed by atoms with Crippen molar-refractivity contribution >= 4 is 11.6 Å². The largest absolute Gasteiger partial charge is 0.236 e. The third kappa shape index (κ3) is 2.70. The third-order valence-corrected chi connectivity index (χ3v) is 3.30. The Labute approximate surface area is 113 Å². The molecule has 0 saturated heterocycles. The molecule has 0 aliphatic carbocycles. The second kappa shape index (κ2) is 5.49. The summed E-state index contributed by atoms with van der Waals surface area (Å²) >= 11 is 6.07. The van der Waals surface area contributed by atoms with Crippen LogP contribution in [-0.2, 0) is 6.42 Å². The minimum Gasteiger partial charge on any atom is -0.236 e. The fourth-order valence-electron chi connectivity index (χ4n) is 1.90. The van der Waals surface area contributed by atoms with Crippen LogP contribution in [0.2, 0.25) is 0 Å². The van der Waals surface area contributed by atoms with Gasteiger partial charge in [0.1, 0.15) is 0 Å². The second-order valence-electron chi connectivity index (χ2n) is 4.40. The molecule has 0 aliphatic rings. The Kier molecular flexibility index (Phi) is 3.97. The topological polar surface area (TPSA) is 25.8 Å². The van der Waals surface area contributed by atoms with Crippen molar-refractivity contribution in [3.05, 3.63) is 47.3 Å². The van der Waals surface area contributed by atoms with Crippen LogP contribution in [0.5, 0.6) is 0 Å². The number of halogens is 1. The molecule has 1 aromatic heterocycles. The highest BCUT2D eigenvalue weighted by atomic mass is 35.5. The van der Waals surface area contributed by atoms with Gasteiger partial charge in [-0.1, -0.05) is 31.2 Å². The SMILES string of the molecule is CCc1ccc(-c2ncc(C(C)Cl)c(C)n2)cc1. The van der Waals surface area contributed by atoms with Gasteiger partial charge in [0.25, 0.3) is 0 Å². The quantitative estimate of drug-likeness (QED) is 0.769. The molecule has 0 radical (unpaired) electrons. The number of benzene rings is 1. The normalized spacial score (nSPS) is 12.4. The maximum Gasteiger partial charge on any atom is 0.159 e. The Morgan fingerprint density at radius 1 is 1.22 bits per heavy atom. The van der Waals surface area contributed by atoms with Gasteiger partial charge >= 0.3 is 0 Å². The first kappa shape index (κ1) is 13.0. The molecule has 1 unspecified atom stereocenters. The van der Waals surface area contributed by atoms with E-state index in [0.29, 0.717) is 0 Å². The number of hydrogen-bond donors (Lipinski definition) is 0. The van der Waals surface area contributed by atoms with Gasteiger partial charge in [0.2, 0.25) is 0 Å². The summed E-state index contributed by atoms with van der Waals surface area (Å²) in [6, 6.07) is 8.37. The van der Waals surface area contributed by atoms with Crippen LogP contribution < -0.4 is 0 Å². The molecule has 1 aromatic carbocycles. The Morgan fingerprint density at radius 2 is 1.89 bits per heavy atom. The highest BCUT2D eigenvalue weighted by Gasteiger charge is 2.09. The highest BCUT2D eigenvalue weighted by Crippen LogP contribution is 2.23. The smallest absolute Gasteiger partial charge is 0.159 e. The first-order valence-corrected chi connectivity index (χ1v) is 6.62. The fourth-order valence-corrected chi connectivity index (χ4v) is 2.11. The lowest BCUT2D eigenvalue weighted by Crippen LogP contribution is -1.98. The lowest BCUT2D eigenvalue weighted by atomic mass is 10.1. The van der Waals surface area contributed by atoms with Gasteiger partial charge < -0.3 is 0 Å². The Balaban J connectivity index is 2.36. The van der Waals surface area contributed by atoms with Gasteiger partial charge in [0.15, 0.2) is 5.82 Å². The molecule has 3 heteroatoms. The maximum absolute atomic E-state index is 6.07. The first-order chi connectivity index (χ1) is 8.61. The summed E-state index contributed by atoms with van der Waals surface area (Å²) < 4.78 is 0. The van der Waals surface area contributed by atoms with Crippen molar-refractivity contribution in [3.63, 3.8) is 0 Å². The van der Waals surface area contributed by atoms with Crippen LogP contribution >= 0.6 is 11.6 Å². The van der Waals surface area contributed by atoms with Gasteiger partial charge in [0, 0.05) is 23.0 Å². The Bertz CT molecular complexity index is 533. The predicted octanol–water partition coefficient (Wildman–Crippen LogP) is 4.31. The third-order valence-electron chi connectivity index (χ3n) is 3.07. The molecule has 0 bridgehead atoms. The summed E-state index contributed by atoms with van der Waals surface area (Å²) in [5, 5.41) is -0.0542. The molecule has 2 aromatic rings. The summed E-state index contributed by atoms with van der Waals surface area (Å²) in [5.41, 5.74) is 4.30. The van der Waals surface area contributed by atoms with Crippen molar-refractivity contribution < 1.29 is 0 Å². The number of nitrogens with zero attached hydrogens (tertiary/aromatic N) is 2. The number of aryl methyl sites for hydroxylation is 2. The number of rotatable bonds is 3. The molecule has 0 spiro atoms. The minimum absolute atomic E-state index is 0.0542. The van der Waals surface area contributed by atoms with Crippen LogP contribution in [-0.4, -0.2) is 9.97 Å². The van der Waals surface area contributed by atoms with E-state index < -0.39 is 0 Å². The number of hydrogen-bond acceptors (Lipinski definition) is 2. The highest BCUT2D eigenvalue weighted by molar-refractivity contribution is 6.20. The van der Waals surface area contributed by atoms with Crippen LogP contribution in [0.15, 0.2) is 30.5 Å². The average Bonchev–Trinajstić information content (AvgIpc) is 2.38. The zero-order chi connectivity index (χ0) is 13.1. The van der Waals surface area contributed by atoms with Crippen LogP contribution in [0.3, 0.4) is 0 Å². The molecule has 2 nitrogen and oxygen atoms in total. The van der Waals surface area contributed by atoms with Crippen LogP contribution in [0.4, 0.5) is 0 Å². The fraction of sp³-hybridized carbons (Fsp3) is 0.333. The molecule has 0 saturated carbocycles. The molecule has 18 heavy (non-hydrogen) atoms. The minimum atomic E-state index is -0.0542. The van der Waals surface area contributed by atoms with Crippen molar-refractivity contribution in [2.24, 2.45) is 0 Å². The van der Waals surface area contributed by atoms with Crippen molar-refractivity contribution in [3.8, 4) is 11.4 Å². The van der Waals surface area contributed by atoms with Crippen molar-refractivity contribution in [2.45, 2.75) is 32.6 Å². The predicted molar refractivity (Wildman–Crippen MR) is 75.9 cm³/mol. The standard InChI is InChI=1S/C15H17ClN2/c1-4-12-5-7-13(8-6-12)15-17-9-14(10(2)16)11(3)18-15/h5-10H,4H2,1-3H3. The Morgan fingerprint density at radius 3 is 2.39 bits per heavy atom. The molecule has 1 atom stereocenters. The van der Waals surface area contributed by atoms with E-state index in [4.69, 9.17) is 11.6 Å². The van der Waals surface area contributed by atoms with Gasteiger partial charge in [-0.05, 0) is 25.8 Å². The first-order valence-electron chi connectivity index (χ1n) is 6.18. The van der Waals surface area contributed by atoms with Crippen molar-refractivity contribution in [2.75, 3.05) is 0 Å². The van der Waals surface area contributed by atoms with Gasteiger partial charge in [-0.2, -0.15) is 0 Å². The van der Waals surface area contributed by atoms with Gasteiger partial charge in [-0.3, -0.25) is 0 Å². The summed E-state index contributed by atoms with van der Waals surface area (Å²) in [4.78, 5) is 8.92. The molecule has 0 N–H and O–H groups in total. The van der Waals surface area contributed by atoms with Crippen molar-refractivity contribution in [1.29, 1.82) is 0 Å². The van der Waals surface area contributed by atoms with Gasteiger partial charge in [-0.25, -0.2) is 9.97 Å². The monoisotopic (exact) mass is 260 g/mol. The summed E-state index contributed by atoms with van der Waals surface area (Å²) in [6.45, 7) is 6.05. The van der Waals surface area contributed by atoms with Crippen LogP contribution in [0, 0.1) is 6.92 Å². The molecule has 2 rings (SSSR count). The number of alkyl halides is 1. The van der Waals surface area contributed by atoms with E-state index >= 15 is 0 Å². The Hall–Kier alpha value is -1.41. The maximum atomic E-state index is 6.07. The van der Waals surface area contributed by atoms with E-state index in [9.17, 15) is 0 Å². The molecule has 0 fully saturated rings. The summed E-state index contributed by atoms with van der Waals surface area (Å²) in [5.74, 6) is 0.760. The van der Waals surface area contributed by atoms with Gasteiger partial charge in [-0.15, -0.1) is 11.6 Å². The zero-order valence-electron chi connectivity index (χ0n) is 10.9. The number of aromatic nitrogens is 2. The molecule has 94 valence electrons. The van der Waals surface area contributed by atoms with Gasteiger partial charge in [0.05, 0.1) is 5.38 Å². The van der Waals surface area contributed by atoms with E-state index in [1.807, 2.05) is 20.0 Å². The summed E-state index contributed by atoms with van der Waals surface area (Å²) in [7, 11) is 0. The lowest BCUT2D eigenvalue weighted by molar-refractivity contribution is 0.976. The molecule has 1 heterocycles. The van der Waals surface area contributed by atoms with E-state index in [1.54, 1.807) is 0 Å². The zero-order valence-corrected chi connectivity index (χ0v) is 11.7. The van der Waals surface area contributed by atoms with E-state index in [2.05, 4.69) is 41.2 Å². The van der Waals surface area contributed by atoms with E-state index in [1.165, 1.54) is 5.56 Å². The lowest BCUT2D eigenvalue weighted by Gasteiger charge is -2.08. The van der Waals surface area contributed by atoms with E-state index in [-0.39, 0.29) is 5.38 Å². The van der Waals surface area contributed by atoms with Crippen LogP contribution in [0.1, 0.15) is 36.0 Å². The van der Waals surface area contributed by atoms with Crippen LogP contribution in [0.25, 0.3) is 11.4 Å². The second-order valence-corrected chi connectivity index (χ2v) is 5.06. The molecular formula is C15H17ClN2. The summed E-state index contributed by atoms with van der Waals surface area (Å²) in [6.07, 6.45) is 2.87. The molecule has 0 aliphatic heterocycles. The molecular weight excluding hydrogens is 244 g/mol. The van der Waals surface area contributed by atoms with Crippen molar-refractivity contribution in [1.82, 2.24) is 9.97 Å². The van der Waals surface area contributed by atoms with E-state index in [0.717, 1.165) is 29.1 Å².